The monoisotopic (exact) mass is 281 g/mol. The summed E-state index contributed by atoms with van der Waals surface area (Å²) < 4.78 is 39.9. The molecule has 2 rings (SSSR count). The van der Waals surface area contributed by atoms with Gasteiger partial charge in [0.15, 0.2) is 0 Å². The molecule has 0 aliphatic carbocycles. The minimum atomic E-state index is -4.67. The van der Waals surface area contributed by atoms with Crippen LogP contribution in [0.25, 0.3) is 0 Å². The third-order valence-corrected chi connectivity index (χ3v) is 2.84. The average Bonchev–Trinajstić information content (AvgIpc) is 2.39. The van der Waals surface area contributed by atoms with Crippen molar-refractivity contribution in [1.29, 1.82) is 0 Å². The van der Waals surface area contributed by atoms with Crippen LogP contribution in [-0.2, 0) is 6.42 Å². The zero-order valence-electron chi connectivity index (χ0n) is 10.6. The maximum atomic E-state index is 12.0. The second-order valence-electron chi connectivity index (χ2n) is 4.41. The van der Waals surface area contributed by atoms with E-state index in [1.165, 1.54) is 12.1 Å². The SMILES string of the molecule is NC(Cc1ccccc1)c1ccc(OC(F)(F)F)cc1. The molecular formula is C15H14F3NO. The van der Waals surface area contributed by atoms with E-state index in [1.807, 2.05) is 30.3 Å². The molecule has 2 aromatic carbocycles. The minimum absolute atomic E-state index is 0.242. The molecule has 0 aliphatic rings. The van der Waals surface area contributed by atoms with Gasteiger partial charge in [-0.15, -0.1) is 13.2 Å². The number of ether oxygens (including phenoxy) is 1. The lowest BCUT2D eigenvalue weighted by Gasteiger charge is -2.13. The Hall–Kier alpha value is -2.01. The molecule has 1 unspecified atom stereocenters. The van der Waals surface area contributed by atoms with Crippen LogP contribution in [0.2, 0.25) is 0 Å². The van der Waals surface area contributed by atoms with E-state index in [0.717, 1.165) is 11.1 Å². The molecule has 20 heavy (non-hydrogen) atoms. The lowest BCUT2D eigenvalue weighted by molar-refractivity contribution is -0.274. The van der Waals surface area contributed by atoms with E-state index in [-0.39, 0.29) is 11.8 Å². The van der Waals surface area contributed by atoms with Crippen molar-refractivity contribution in [3.8, 4) is 5.75 Å². The number of hydrogen-bond acceptors (Lipinski definition) is 2. The van der Waals surface area contributed by atoms with Crippen molar-refractivity contribution in [1.82, 2.24) is 0 Å². The maximum Gasteiger partial charge on any atom is 0.573 e. The summed E-state index contributed by atoms with van der Waals surface area (Å²) in [5.74, 6) is -0.242. The molecule has 0 aromatic heterocycles. The first-order chi connectivity index (χ1) is 9.44. The molecule has 0 spiro atoms. The number of alkyl halides is 3. The summed E-state index contributed by atoms with van der Waals surface area (Å²) in [6.07, 6.45) is -4.05. The number of rotatable bonds is 4. The number of hydrogen-bond donors (Lipinski definition) is 1. The molecule has 1 atom stereocenters. The highest BCUT2D eigenvalue weighted by molar-refractivity contribution is 5.30. The van der Waals surface area contributed by atoms with Crippen molar-refractivity contribution in [3.63, 3.8) is 0 Å². The number of nitrogens with two attached hydrogens (primary N) is 1. The first kappa shape index (κ1) is 14.4. The van der Waals surface area contributed by atoms with Gasteiger partial charge < -0.3 is 10.5 Å². The largest absolute Gasteiger partial charge is 0.573 e. The van der Waals surface area contributed by atoms with Gasteiger partial charge in [0.05, 0.1) is 0 Å². The minimum Gasteiger partial charge on any atom is -0.406 e. The van der Waals surface area contributed by atoms with E-state index < -0.39 is 6.36 Å². The Morgan fingerprint density at radius 1 is 0.950 bits per heavy atom. The normalized spacial score (nSPS) is 13.0. The molecule has 0 heterocycles. The molecule has 5 heteroatoms. The second kappa shape index (κ2) is 5.96. The first-order valence-electron chi connectivity index (χ1n) is 6.09. The summed E-state index contributed by atoms with van der Waals surface area (Å²) in [6.45, 7) is 0. The van der Waals surface area contributed by atoms with Gasteiger partial charge in [-0.3, -0.25) is 0 Å². The first-order valence-corrected chi connectivity index (χ1v) is 6.09. The van der Waals surface area contributed by atoms with Gasteiger partial charge in [0.2, 0.25) is 0 Å². The summed E-state index contributed by atoms with van der Waals surface area (Å²) in [7, 11) is 0. The summed E-state index contributed by atoms with van der Waals surface area (Å²) in [5.41, 5.74) is 7.89. The van der Waals surface area contributed by atoms with Gasteiger partial charge in [0, 0.05) is 6.04 Å². The highest BCUT2D eigenvalue weighted by atomic mass is 19.4. The molecule has 0 radical (unpaired) electrons. The Bertz CT molecular complexity index is 537. The van der Waals surface area contributed by atoms with Crippen molar-refractivity contribution < 1.29 is 17.9 Å². The topological polar surface area (TPSA) is 35.2 Å². The van der Waals surface area contributed by atoms with Crippen LogP contribution in [0, 0.1) is 0 Å². The van der Waals surface area contributed by atoms with E-state index >= 15 is 0 Å². The van der Waals surface area contributed by atoms with Crippen LogP contribution >= 0.6 is 0 Å². The van der Waals surface area contributed by atoms with Crippen LogP contribution < -0.4 is 10.5 Å². The fraction of sp³-hybridized carbons (Fsp3) is 0.200. The Morgan fingerprint density at radius 2 is 1.55 bits per heavy atom. The molecule has 0 amide bonds. The molecule has 106 valence electrons. The van der Waals surface area contributed by atoms with Crippen molar-refractivity contribution in [2.24, 2.45) is 5.73 Å². The average molecular weight is 281 g/mol. The van der Waals surface area contributed by atoms with Gasteiger partial charge in [-0.05, 0) is 29.7 Å². The van der Waals surface area contributed by atoms with Gasteiger partial charge in [-0.2, -0.15) is 0 Å². The maximum absolute atomic E-state index is 12.0. The Morgan fingerprint density at radius 3 is 2.10 bits per heavy atom. The van der Waals surface area contributed by atoms with Gasteiger partial charge in [-0.25, -0.2) is 0 Å². The lowest BCUT2D eigenvalue weighted by Crippen LogP contribution is -2.17. The quantitative estimate of drug-likeness (QED) is 0.924. The standard InChI is InChI=1S/C15H14F3NO/c16-15(17,18)20-13-8-6-12(7-9-13)14(19)10-11-4-2-1-3-5-11/h1-9,14H,10,19H2. The molecule has 0 saturated heterocycles. The van der Waals surface area contributed by atoms with Crippen LogP contribution in [0.1, 0.15) is 17.2 Å². The van der Waals surface area contributed by atoms with Crippen LogP contribution in [0.5, 0.6) is 5.75 Å². The molecule has 2 nitrogen and oxygen atoms in total. The second-order valence-corrected chi connectivity index (χ2v) is 4.41. The Labute approximate surface area is 115 Å². The molecule has 2 N–H and O–H groups in total. The summed E-state index contributed by atoms with van der Waals surface area (Å²) >= 11 is 0. The van der Waals surface area contributed by atoms with Crippen molar-refractivity contribution in [3.05, 3.63) is 65.7 Å². The summed E-state index contributed by atoms with van der Waals surface area (Å²) in [5, 5.41) is 0. The van der Waals surface area contributed by atoms with Gasteiger partial charge in [0.1, 0.15) is 5.75 Å². The van der Waals surface area contributed by atoms with E-state index in [1.54, 1.807) is 12.1 Å². The zero-order chi connectivity index (χ0) is 14.6. The van der Waals surface area contributed by atoms with Gasteiger partial charge in [0.25, 0.3) is 0 Å². The predicted molar refractivity (Wildman–Crippen MR) is 70.2 cm³/mol. The third-order valence-electron chi connectivity index (χ3n) is 2.84. The fourth-order valence-electron chi connectivity index (χ4n) is 1.90. The van der Waals surface area contributed by atoms with Gasteiger partial charge in [-0.1, -0.05) is 42.5 Å². The molecular weight excluding hydrogens is 267 g/mol. The van der Waals surface area contributed by atoms with E-state index in [0.29, 0.717) is 6.42 Å². The Kier molecular flexibility index (Phi) is 4.29. The lowest BCUT2D eigenvalue weighted by atomic mass is 10.00. The van der Waals surface area contributed by atoms with Crippen molar-refractivity contribution >= 4 is 0 Å². The van der Waals surface area contributed by atoms with Crippen LogP contribution in [0.4, 0.5) is 13.2 Å². The fourth-order valence-corrected chi connectivity index (χ4v) is 1.90. The molecule has 2 aromatic rings. The number of benzene rings is 2. The zero-order valence-corrected chi connectivity index (χ0v) is 10.6. The highest BCUT2D eigenvalue weighted by Crippen LogP contribution is 2.24. The highest BCUT2D eigenvalue weighted by Gasteiger charge is 2.30. The van der Waals surface area contributed by atoms with Gasteiger partial charge >= 0.3 is 6.36 Å². The smallest absolute Gasteiger partial charge is 0.406 e. The predicted octanol–water partition coefficient (Wildman–Crippen LogP) is 3.83. The molecule has 0 fully saturated rings. The number of halogens is 3. The third kappa shape index (κ3) is 4.28. The molecule has 0 bridgehead atoms. The van der Waals surface area contributed by atoms with Crippen LogP contribution in [0.15, 0.2) is 54.6 Å². The molecule has 0 aliphatic heterocycles. The van der Waals surface area contributed by atoms with Crippen LogP contribution in [0.3, 0.4) is 0 Å². The van der Waals surface area contributed by atoms with Crippen molar-refractivity contribution in [2.75, 3.05) is 0 Å². The van der Waals surface area contributed by atoms with Crippen molar-refractivity contribution in [2.45, 2.75) is 18.8 Å². The Balaban J connectivity index is 2.02. The van der Waals surface area contributed by atoms with Crippen LogP contribution in [-0.4, -0.2) is 6.36 Å². The van der Waals surface area contributed by atoms with E-state index in [2.05, 4.69) is 4.74 Å². The van der Waals surface area contributed by atoms with E-state index in [9.17, 15) is 13.2 Å². The summed E-state index contributed by atoms with van der Waals surface area (Å²) in [4.78, 5) is 0. The molecule has 0 saturated carbocycles. The summed E-state index contributed by atoms with van der Waals surface area (Å²) in [6, 6.07) is 15.0. The van der Waals surface area contributed by atoms with E-state index in [4.69, 9.17) is 5.73 Å².